The van der Waals surface area contributed by atoms with Gasteiger partial charge in [-0.25, -0.2) is 5.84 Å². The Kier molecular flexibility index (Phi) is 4.03. The average molecular weight is 273 g/mol. The maximum Gasteiger partial charge on any atom is 0.255 e. The van der Waals surface area contributed by atoms with Crippen LogP contribution in [0.1, 0.15) is 43.7 Å². The first-order valence-corrected chi connectivity index (χ1v) is 7.62. The lowest BCUT2D eigenvalue weighted by molar-refractivity contribution is -0.127. The van der Waals surface area contributed by atoms with E-state index in [-0.39, 0.29) is 11.9 Å². The van der Waals surface area contributed by atoms with Crippen molar-refractivity contribution < 1.29 is 4.79 Å². The van der Waals surface area contributed by atoms with E-state index >= 15 is 0 Å². The largest absolute Gasteiger partial charge is 0.293 e. The number of hydrogen-bond donors (Lipinski definition) is 2. The number of amides is 1. The number of nitrogens with two attached hydrogens (primary N) is 1. The third-order valence-corrected chi connectivity index (χ3v) is 4.89. The molecule has 1 amide bonds. The highest BCUT2D eigenvalue weighted by atomic mass is 16.2. The van der Waals surface area contributed by atoms with Crippen LogP contribution < -0.4 is 11.3 Å². The smallest absolute Gasteiger partial charge is 0.255 e. The number of likely N-dealkylation sites (tertiary alicyclic amines) is 1. The van der Waals surface area contributed by atoms with Crippen LogP contribution in [0.15, 0.2) is 30.3 Å². The van der Waals surface area contributed by atoms with Crippen molar-refractivity contribution in [1.29, 1.82) is 0 Å². The van der Waals surface area contributed by atoms with Crippen molar-refractivity contribution in [2.24, 2.45) is 11.8 Å². The first kappa shape index (κ1) is 13.6. The Morgan fingerprint density at radius 3 is 2.70 bits per heavy atom. The topological polar surface area (TPSA) is 58.4 Å². The molecule has 0 radical (unpaired) electrons. The van der Waals surface area contributed by atoms with Crippen molar-refractivity contribution >= 4 is 5.91 Å². The molecule has 4 heteroatoms. The number of nitrogens with one attached hydrogen (secondary N) is 1. The zero-order valence-corrected chi connectivity index (χ0v) is 11.8. The lowest BCUT2D eigenvalue weighted by Crippen LogP contribution is -2.46. The average Bonchev–Trinajstić information content (AvgIpc) is 2.92. The summed E-state index contributed by atoms with van der Waals surface area (Å²) in [6, 6.07) is 10.3. The van der Waals surface area contributed by atoms with Crippen LogP contribution in [0.2, 0.25) is 0 Å². The van der Waals surface area contributed by atoms with Gasteiger partial charge in [-0.1, -0.05) is 43.2 Å². The number of benzene rings is 1. The van der Waals surface area contributed by atoms with Crippen molar-refractivity contribution in [3.8, 4) is 0 Å². The summed E-state index contributed by atoms with van der Waals surface area (Å²) < 4.78 is 0. The van der Waals surface area contributed by atoms with E-state index in [0.717, 1.165) is 18.0 Å². The Bertz CT molecular complexity index is 462. The van der Waals surface area contributed by atoms with E-state index in [1.807, 2.05) is 30.3 Å². The van der Waals surface area contributed by atoms with E-state index < -0.39 is 0 Å². The molecule has 4 nitrogen and oxygen atoms in total. The second-order valence-electron chi connectivity index (χ2n) is 5.96. The zero-order chi connectivity index (χ0) is 13.9. The monoisotopic (exact) mass is 273 g/mol. The van der Waals surface area contributed by atoms with E-state index in [1.165, 1.54) is 32.1 Å². The zero-order valence-electron chi connectivity index (χ0n) is 11.8. The fraction of sp³-hybridized carbons (Fsp3) is 0.562. The molecule has 3 N–H and O–H groups in total. The summed E-state index contributed by atoms with van der Waals surface area (Å²) >= 11 is 0. The molecule has 1 aliphatic carbocycles. The molecule has 1 saturated heterocycles. The summed E-state index contributed by atoms with van der Waals surface area (Å²) in [5, 5.41) is 0. The number of hydrogen-bond acceptors (Lipinski definition) is 3. The Morgan fingerprint density at radius 1 is 1.20 bits per heavy atom. The SMILES string of the molecule is NNC(=O)C(c1ccccc1)N1CCC2CCCCC21. The van der Waals surface area contributed by atoms with Gasteiger partial charge in [0.05, 0.1) is 0 Å². The van der Waals surface area contributed by atoms with Gasteiger partial charge in [0.2, 0.25) is 0 Å². The van der Waals surface area contributed by atoms with Crippen LogP contribution in [-0.4, -0.2) is 23.4 Å². The van der Waals surface area contributed by atoms with E-state index in [2.05, 4.69) is 10.3 Å². The van der Waals surface area contributed by atoms with E-state index in [0.29, 0.717) is 6.04 Å². The van der Waals surface area contributed by atoms with Gasteiger partial charge in [-0.2, -0.15) is 0 Å². The minimum atomic E-state index is -0.241. The second kappa shape index (κ2) is 5.94. The third-order valence-electron chi connectivity index (χ3n) is 4.89. The summed E-state index contributed by atoms with van der Waals surface area (Å²) in [6.07, 6.45) is 6.36. The standard InChI is InChI=1S/C16H23N3O/c17-18-16(20)15(13-7-2-1-3-8-13)19-11-10-12-6-4-5-9-14(12)19/h1-3,7-8,12,14-15H,4-6,9-11,17H2,(H,18,20). The van der Waals surface area contributed by atoms with E-state index in [9.17, 15) is 4.79 Å². The molecule has 108 valence electrons. The maximum absolute atomic E-state index is 12.3. The lowest BCUT2D eigenvalue weighted by Gasteiger charge is -2.36. The quantitative estimate of drug-likeness (QED) is 0.503. The lowest BCUT2D eigenvalue weighted by atomic mass is 9.84. The predicted octanol–water partition coefficient (Wildman–Crippen LogP) is 1.98. The molecular weight excluding hydrogens is 250 g/mol. The molecule has 0 spiro atoms. The Hall–Kier alpha value is -1.39. The number of hydrazine groups is 1. The second-order valence-corrected chi connectivity index (χ2v) is 5.96. The van der Waals surface area contributed by atoms with Gasteiger partial charge in [0, 0.05) is 6.04 Å². The summed E-state index contributed by atoms with van der Waals surface area (Å²) in [6.45, 7) is 1.00. The molecule has 3 rings (SSSR count). The minimum Gasteiger partial charge on any atom is -0.293 e. The van der Waals surface area contributed by atoms with E-state index in [1.54, 1.807) is 0 Å². The highest BCUT2D eigenvalue weighted by molar-refractivity contribution is 5.82. The van der Waals surface area contributed by atoms with Gasteiger partial charge in [-0.3, -0.25) is 15.1 Å². The number of nitrogens with zero attached hydrogens (tertiary/aromatic N) is 1. The predicted molar refractivity (Wildman–Crippen MR) is 78.6 cm³/mol. The van der Waals surface area contributed by atoms with Crippen LogP contribution in [0.25, 0.3) is 0 Å². The van der Waals surface area contributed by atoms with Crippen LogP contribution in [0, 0.1) is 5.92 Å². The molecule has 20 heavy (non-hydrogen) atoms. The van der Waals surface area contributed by atoms with Gasteiger partial charge < -0.3 is 0 Å². The van der Waals surface area contributed by atoms with Crippen molar-refractivity contribution in [1.82, 2.24) is 10.3 Å². The summed E-state index contributed by atoms with van der Waals surface area (Å²) in [7, 11) is 0. The fourth-order valence-electron chi connectivity index (χ4n) is 3.97. The van der Waals surface area contributed by atoms with Crippen molar-refractivity contribution in [2.45, 2.75) is 44.2 Å². The van der Waals surface area contributed by atoms with Gasteiger partial charge in [0.25, 0.3) is 5.91 Å². The Balaban J connectivity index is 1.88. The normalized spacial score (nSPS) is 27.9. The first-order chi connectivity index (χ1) is 9.81. The fourth-order valence-corrected chi connectivity index (χ4v) is 3.97. The summed E-state index contributed by atoms with van der Waals surface area (Å²) in [5.74, 6) is 6.09. The molecule has 0 bridgehead atoms. The van der Waals surface area contributed by atoms with Gasteiger partial charge in [-0.05, 0) is 37.3 Å². The molecule has 0 aromatic heterocycles. The number of carbonyl (C=O) groups excluding carboxylic acids is 1. The molecule has 1 aromatic rings. The molecule has 1 aromatic carbocycles. The number of fused-ring (bicyclic) bond motifs is 1. The Morgan fingerprint density at radius 2 is 1.95 bits per heavy atom. The van der Waals surface area contributed by atoms with Crippen LogP contribution in [0.3, 0.4) is 0 Å². The molecular formula is C16H23N3O. The molecule has 2 aliphatic rings. The molecule has 1 saturated carbocycles. The van der Waals surface area contributed by atoms with Gasteiger partial charge in [-0.15, -0.1) is 0 Å². The number of carbonyl (C=O) groups is 1. The van der Waals surface area contributed by atoms with Crippen molar-refractivity contribution in [3.05, 3.63) is 35.9 Å². The van der Waals surface area contributed by atoms with E-state index in [4.69, 9.17) is 5.84 Å². The van der Waals surface area contributed by atoms with Crippen molar-refractivity contribution in [3.63, 3.8) is 0 Å². The van der Waals surface area contributed by atoms with Crippen molar-refractivity contribution in [2.75, 3.05) is 6.54 Å². The summed E-state index contributed by atoms with van der Waals surface area (Å²) in [5.41, 5.74) is 3.40. The Labute approximate surface area is 120 Å². The highest BCUT2D eigenvalue weighted by Gasteiger charge is 2.41. The highest BCUT2D eigenvalue weighted by Crippen LogP contribution is 2.40. The summed E-state index contributed by atoms with van der Waals surface area (Å²) in [4.78, 5) is 14.7. The molecule has 1 aliphatic heterocycles. The first-order valence-electron chi connectivity index (χ1n) is 7.62. The molecule has 1 heterocycles. The molecule has 3 atom stereocenters. The molecule has 3 unspecified atom stereocenters. The van der Waals surface area contributed by atoms with Crippen LogP contribution in [0.4, 0.5) is 0 Å². The third kappa shape index (κ3) is 2.45. The molecule has 2 fully saturated rings. The van der Waals surface area contributed by atoms with Crippen LogP contribution >= 0.6 is 0 Å². The van der Waals surface area contributed by atoms with Gasteiger partial charge in [0.15, 0.2) is 0 Å². The van der Waals surface area contributed by atoms with Gasteiger partial charge >= 0.3 is 0 Å². The minimum absolute atomic E-state index is 0.0950. The maximum atomic E-state index is 12.3. The number of rotatable bonds is 3. The van der Waals surface area contributed by atoms with Crippen LogP contribution in [0.5, 0.6) is 0 Å². The van der Waals surface area contributed by atoms with Gasteiger partial charge in [0.1, 0.15) is 6.04 Å². The van der Waals surface area contributed by atoms with Crippen LogP contribution in [-0.2, 0) is 4.79 Å².